The monoisotopic (exact) mass is 456 g/mol. The number of amides is 1. The van der Waals surface area contributed by atoms with Gasteiger partial charge in [-0.3, -0.25) is 4.79 Å². The second-order valence-electron chi connectivity index (χ2n) is 7.29. The zero-order valence-corrected chi connectivity index (χ0v) is 18.4. The second kappa shape index (κ2) is 9.78. The van der Waals surface area contributed by atoms with Crippen LogP contribution in [-0.4, -0.2) is 24.0 Å². The van der Waals surface area contributed by atoms with Gasteiger partial charge in [-0.2, -0.15) is 0 Å². The number of nitrogens with one attached hydrogen (secondary N) is 1. The van der Waals surface area contributed by atoms with Crippen LogP contribution in [0.3, 0.4) is 0 Å². The summed E-state index contributed by atoms with van der Waals surface area (Å²) in [5.74, 6) is -0.622. The molecule has 0 spiro atoms. The number of aryl methyl sites for hydroxylation is 1. The maximum atomic E-state index is 12.7. The van der Waals surface area contributed by atoms with Crippen molar-refractivity contribution in [2.24, 2.45) is 15.3 Å². The Morgan fingerprint density at radius 3 is 2.65 bits per heavy atom. The number of nitrogens with zero attached hydrogens (tertiary/aromatic N) is 3. The van der Waals surface area contributed by atoms with Crippen molar-refractivity contribution in [2.45, 2.75) is 6.92 Å². The quantitative estimate of drug-likeness (QED) is 0.148. The number of benzene rings is 3. The normalized spacial score (nSPS) is 11.6. The van der Waals surface area contributed by atoms with E-state index < -0.39 is 11.5 Å². The number of rotatable bonds is 5. The Morgan fingerprint density at radius 2 is 1.85 bits per heavy atom. The predicted octanol–water partition coefficient (Wildman–Crippen LogP) is 4.69. The van der Waals surface area contributed by atoms with Crippen molar-refractivity contribution in [1.29, 1.82) is 0 Å². The Hall–Kier alpha value is -4.79. The lowest BCUT2D eigenvalue weighted by Crippen LogP contribution is -2.25. The average Bonchev–Trinajstić information content (AvgIpc) is 2.84. The molecule has 0 aliphatic carbocycles. The van der Waals surface area contributed by atoms with E-state index >= 15 is 0 Å². The van der Waals surface area contributed by atoms with E-state index in [1.165, 1.54) is 25.3 Å². The molecule has 0 saturated heterocycles. The molecule has 34 heavy (non-hydrogen) atoms. The van der Waals surface area contributed by atoms with Crippen molar-refractivity contribution in [1.82, 2.24) is 5.43 Å². The molecule has 1 aromatic heterocycles. The van der Waals surface area contributed by atoms with Crippen LogP contribution < -0.4 is 15.8 Å². The molecule has 170 valence electrons. The number of phenolic OH excluding ortho intramolecular Hbond substituents is 1. The molecule has 3 aromatic carbocycles. The van der Waals surface area contributed by atoms with E-state index in [9.17, 15) is 14.7 Å². The van der Waals surface area contributed by atoms with Crippen molar-refractivity contribution in [3.05, 3.63) is 99.9 Å². The zero-order chi connectivity index (χ0) is 24.1. The summed E-state index contributed by atoms with van der Waals surface area (Å²) >= 11 is 0. The molecule has 4 rings (SSSR count). The molecule has 0 radical (unpaired) electrons. The number of methoxy groups -OCH3 is 1. The van der Waals surface area contributed by atoms with Gasteiger partial charge >= 0.3 is 5.63 Å². The van der Waals surface area contributed by atoms with Crippen molar-refractivity contribution in [2.75, 3.05) is 7.11 Å². The summed E-state index contributed by atoms with van der Waals surface area (Å²) in [6.07, 6.45) is 0. The van der Waals surface area contributed by atoms with E-state index in [2.05, 4.69) is 20.8 Å². The van der Waals surface area contributed by atoms with Gasteiger partial charge in [0, 0.05) is 10.9 Å². The number of ether oxygens (including phenoxy) is 1. The fourth-order valence-corrected chi connectivity index (χ4v) is 3.14. The second-order valence-corrected chi connectivity index (χ2v) is 7.29. The maximum Gasteiger partial charge on any atom is 0.349 e. The fraction of sp³-hybridized carbons (Fsp3) is 0.0800. The molecule has 0 fully saturated rings. The van der Waals surface area contributed by atoms with Gasteiger partial charge in [0.25, 0.3) is 5.91 Å². The summed E-state index contributed by atoms with van der Waals surface area (Å²) in [5.41, 5.74) is 3.70. The Balaban J connectivity index is 1.69. The number of azo groups is 1. The number of hydrogen-bond acceptors (Lipinski definition) is 7. The standard InChI is InChI=1S/C25H20N4O5/c1-15-6-5-8-18(12-15)26-27-23(17-10-11-20(30)22(14-17)33-2)28-29-24(31)19-13-16-7-3-4-9-21(16)34-25(19)32/h3-14,30H,1-2H3,(H,29,31)/b27-26?,28-23-. The number of aromatic hydroxyl groups is 1. The molecule has 0 aliphatic rings. The van der Waals surface area contributed by atoms with Gasteiger partial charge < -0.3 is 14.3 Å². The van der Waals surface area contributed by atoms with Crippen molar-refractivity contribution in [3.8, 4) is 11.5 Å². The van der Waals surface area contributed by atoms with E-state index in [0.29, 0.717) is 22.2 Å². The summed E-state index contributed by atoms with van der Waals surface area (Å²) in [4.78, 5) is 25.0. The first-order chi connectivity index (χ1) is 16.4. The Kier molecular flexibility index (Phi) is 6.45. The van der Waals surface area contributed by atoms with Gasteiger partial charge in [-0.15, -0.1) is 15.3 Å². The number of carbonyl (C=O) groups is 1. The van der Waals surface area contributed by atoms with Crippen LogP contribution in [0.4, 0.5) is 5.69 Å². The van der Waals surface area contributed by atoms with Crippen LogP contribution in [0, 0.1) is 6.92 Å². The van der Waals surface area contributed by atoms with Crippen molar-refractivity contribution >= 4 is 28.4 Å². The highest BCUT2D eigenvalue weighted by atomic mass is 16.5. The van der Waals surface area contributed by atoms with Gasteiger partial charge in [0.15, 0.2) is 11.5 Å². The topological polar surface area (TPSA) is 126 Å². The van der Waals surface area contributed by atoms with E-state index in [1.54, 1.807) is 36.4 Å². The highest BCUT2D eigenvalue weighted by molar-refractivity contribution is 6.02. The average molecular weight is 456 g/mol. The molecule has 2 N–H and O–H groups in total. The lowest BCUT2D eigenvalue weighted by Gasteiger charge is -2.07. The molecule has 1 heterocycles. The minimum atomic E-state index is -0.791. The molecule has 4 aromatic rings. The number of carbonyl (C=O) groups excluding carboxylic acids is 1. The van der Waals surface area contributed by atoms with Crippen LogP contribution in [0.25, 0.3) is 11.0 Å². The largest absolute Gasteiger partial charge is 0.504 e. The molecule has 9 heteroatoms. The molecule has 0 aliphatic heterocycles. The molecule has 9 nitrogen and oxygen atoms in total. The van der Waals surface area contributed by atoms with E-state index in [0.717, 1.165) is 5.56 Å². The van der Waals surface area contributed by atoms with Crippen LogP contribution in [0.2, 0.25) is 0 Å². The Bertz CT molecular complexity index is 1490. The molecular weight excluding hydrogens is 436 g/mol. The molecular formula is C25H20N4O5. The minimum Gasteiger partial charge on any atom is -0.504 e. The summed E-state index contributed by atoms with van der Waals surface area (Å²) in [6, 6.07) is 20.1. The summed E-state index contributed by atoms with van der Waals surface area (Å²) in [7, 11) is 1.41. The summed E-state index contributed by atoms with van der Waals surface area (Å²) < 4.78 is 10.4. The van der Waals surface area contributed by atoms with Gasteiger partial charge in [-0.1, -0.05) is 30.3 Å². The lowest BCUT2D eigenvalue weighted by atomic mass is 10.2. The van der Waals surface area contributed by atoms with Crippen molar-refractivity contribution < 1.29 is 19.1 Å². The third-order valence-electron chi connectivity index (χ3n) is 4.85. The lowest BCUT2D eigenvalue weighted by molar-refractivity contribution is 0.0951. The summed E-state index contributed by atoms with van der Waals surface area (Å²) in [5, 5.41) is 22.9. The Labute approximate surface area is 194 Å². The molecule has 0 atom stereocenters. The predicted molar refractivity (Wildman–Crippen MR) is 127 cm³/mol. The maximum absolute atomic E-state index is 12.7. The SMILES string of the molecule is COc1cc(/C(N=Nc2cccc(C)c2)=N/NC(=O)c2cc3ccccc3oc2=O)ccc1O. The summed E-state index contributed by atoms with van der Waals surface area (Å²) in [6.45, 7) is 1.92. The zero-order valence-electron chi connectivity index (χ0n) is 18.4. The third kappa shape index (κ3) is 4.99. The third-order valence-corrected chi connectivity index (χ3v) is 4.85. The fourth-order valence-electron chi connectivity index (χ4n) is 3.14. The Morgan fingerprint density at radius 1 is 1.03 bits per heavy atom. The number of fused-ring (bicyclic) bond motifs is 1. The highest BCUT2D eigenvalue weighted by Crippen LogP contribution is 2.27. The number of phenols is 1. The van der Waals surface area contributed by atoms with Crippen LogP contribution >= 0.6 is 0 Å². The van der Waals surface area contributed by atoms with E-state index in [4.69, 9.17) is 9.15 Å². The first-order valence-electron chi connectivity index (χ1n) is 10.2. The van der Waals surface area contributed by atoms with E-state index in [-0.39, 0.29) is 22.9 Å². The highest BCUT2D eigenvalue weighted by Gasteiger charge is 2.15. The minimum absolute atomic E-state index is 0.0262. The van der Waals surface area contributed by atoms with Crippen LogP contribution in [-0.2, 0) is 0 Å². The van der Waals surface area contributed by atoms with Gasteiger partial charge in [0.1, 0.15) is 11.1 Å². The van der Waals surface area contributed by atoms with Crippen LogP contribution in [0.15, 0.2) is 97.3 Å². The number of hydrogen-bond donors (Lipinski definition) is 2. The van der Waals surface area contributed by atoms with Crippen LogP contribution in [0.5, 0.6) is 11.5 Å². The van der Waals surface area contributed by atoms with E-state index in [1.807, 2.05) is 25.1 Å². The van der Waals surface area contributed by atoms with Gasteiger partial charge in [-0.05, 0) is 55.0 Å². The number of amidine groups is 1. The molecule has 0 bridgehead atoms. The first kappa shape index (κ1) is 22.4. The number of hydrazone groups is 1. The first-order valence-corrected chi connectivity index (χ1v) is 10.2. The van der Waals surface area contributed by atoms with Crippen molar-refractivity contribution in [3.63, 3.8) is 0 Å². The molecule has 0 unspecified atom stereocenters. The van der Waals surface area contributed by atoms with Gasteiger partial charge in [0.2, 0.25) is 5.84 Å². The number of para-hydroxylation sites is 1. The van der Waals surface area contributed by atoms with Gasteiger partial charge in [0.05, 0.1) is 12.8 Å². The molecule has 0 saturated carbocycles. The molecule has 1 amide bonds. The van der Waals surface area contributed by atoms with Crippen LogP contribution in [0.1, 0.15) is 21.5 Å². The smallest absolute Gasteiger partial charge is 0.349 e. The van der Waals surface area contributed by atoms with Gasteiger partial charge in [-0.25, -0.2) is 10.2 Å².